The molecule has 2 aromatic rings. The maximum Gasteiger partial charge on any atom is 0.335 e. The summed E-state index contributed by atoms with van der Waals surface area (Å²) in [6, 6.07) is 10.8. The molecule has 0 saturated carbocycles. The van der Waals surface area contributed by atoms with Crippen molar-refractivity contribution in [1.82, 2.24) is 0 Å². The molecule has 0 spiro atoms. The van der Waals surface area contributed by atoms with E-state index < -0.39 is 28.4 Å². The molecule has 0 radical (unpaired) electrons. The lowest BCUT2D eigenvalue weighted by Gasteiger charge is -2.13. The minimum absolute atomic E-state index is 0.00383. The van der Waals surface area contributed by atoms with Crippen LogP contribution < -0.4 is 4.18 Å². The molecule has 11 heteroatoms. The highest BCUT2D eigenvalue weighted by molar-refractivity contribution is 9.42. The fourth-order valence-corrected chi connectivity index (χ4v) is 4.92. The van der Waals surface area contributed by atoms with E-state index in [9.17, 15) is 17.4 Å². The van der Waals surface area contributed by atoms with Crippen LogP contribution >= 0.6 is 47.8 Å². The van der Waals surface area contributed by atoms with Gasteiger partial charge in [0.25, 0.3) is 0 Å². The molecule has 1 atom stereocenters. The zero-order valence-electron chi connectivity index (χ0n) is 12.1. The number of aromatic carboxylic acids is 1. The van der Waals surface area contributed by atoms with Crippen LogP contribution in [0.4, 0.5) is 0 Å². The SMILES string of the molecule is O=C(O)c1cccc(S(=O)Oc2ccc(S(=O)(=O)C(Br)(Br)Br)cc2)c1. The van der Waals surface area contributed by atoms with E-state index >= 15 is 0 Å². The van der Waals surface area contributed by atoms with Crippen molar-refractivity contribution in [2.45, 2.75) is 11.3 Å². The Morgan fingerprint density at radius 1 is 1.08 bits per heavy atom. The van der Waals surface area contributed by atoms with Crippen molar-refractivity contribution in [2.75, 3.05) is 0 Å². The van der Waals surface area contributed by atoms with Gasteiger partial charge in [-0.2, -0.15) is 0 Å². The number of hydrogen-bond donors (Lipinski definition) is 1. The second kappa shape index (κ2) is 7.87. The summed E-state index contributed by atoms with van der Waals surface area (Å²) in [5.41, 5.74) is -0.0146. The second-order valence-corrected chi connectivity index (χ2v) is 16.1. The zero-order chi connectivity index (χ0) is 18.8. The Kier molecular flexibility index (Phi) is 6.47. The van der Waals surface area contributed by atoms with Crippen molar-refractivity contribution >= 4 is 74.7 Å². The van der Waals surface area contributed by atoms with E-state index in [1.165, 1.54) is 48.5 Å². The maximum absolute atomic E-state index is 12.2. The molecule has 134 valence electrons. The first kappa shape index (κ1) is 20.6. The molecule has 6 nitrogen and oxygen atoms in total. The number of carbonyl (C=O) groups is 1. The molecule has 0 aromatic heterocycles. The predicted molar refractivity (Wildman–Crippen MR) is 104 cm³/mol. The van der Waals surface area contributed by atoms with E-state index in [-0.39, 0.29) is 21.1 Å². The number of carboxylic acid groups (broad SMARTS) is 1. The van der Waals surface area contributed by atoms with Gasteiger partial charge >= 0.3 is 5.97 Å². The van der Waals surface area contributed by atoms with Gasteiger partial charge in [0.1, 0.15) is 5.75 Å². The van der Waals surface area contributed by atoms with Crippen LogP contribution in [0.25, 0.3) is 0 Å². The average Bonchev–Trinajstić information content (AvgIpc) is 2.54. The second-order valence-electron chi connectivity index (χ2n) is 4.57. The first-order valence-electron chi connectivity index (χ1n) is 6.37. The monoisotopic (exact) mass is 574 g/mol. The van der Waals surface area contributed by atoms with Gasteiger partial charge in [-0.3, -0.25) is 0 Å². The van der Waals surface area contributed by atoms with Crippen LogP contribution in [0.2, 0.25) is 0 Å². The summed E-state index contributed by atoms with van der Waals surface area (Å²) in [4.78, 5) is 11.1. The van der Waals surface area contributed by atoms with E-state index in [1.54, 1.807) is 0 Å². The van der Waals surface area contributed by atoms with Crippen LogP contribution in [0.3, 0.4) is 0 Å². The summed E-state index contributed by atoms with van der Waals surface area (Å²) in [6.07, 6.45) is 0. The number of hydrogen-bond acceptors (Lipinski definition) is 5. The van der Waals surface area contributed by atoms with Gasteiger partial charge in [-0.15, -0.1) is 0 Å². The molecule has 1 N–H and O–H groups in total. The normalized spacial score (nSPS) is 13.2. The molecule has 2 aromatic carbocycles. The average molecular weight is 577 g/mol. The third-order valence-electron chi connectivity index (χ3n) is 2.88. The number of carboxylic acids is 1. The Hall–Kier alpha value is -0.750. The Balaban J connectivity index is 2.21. The zero-order valence-corrected chi connectivity index (χ0v) is 18.4. The summed E-state index contributed by atoms with van der Waals surface area (Å²) >= 11 is 6.94. The standard InChI is InChI=1S/C14H9Br3O6S2/c15-14(16,17)25(21,22)12-6-4-10(5-7-12)23-24(20)11-3-1-2-9(8-11)13(18)19/h1-8H,(H,18,19). The summed E-state index contributed by atoms with van der Waals surface area (Å²) in [7, 11) is -3.74. The van der Waals surface area contributed by atoms with Crippen LogP contribution in [0.1, 0.15) is 10.4 Å². The van der Waals surface area contributed by atoms with E-state index in [0.717, 1.165) is 0 Å². The van der Waals surface area contributed by atoms with E-state index in [4.69, 9.17) is 9.29 Å². The quantitative estimate of drug-likeness (QED) is 0.539. The van der Waals surface area contributed by atoms with Gasteiger partial charge in [0.05, 0.1) is 15.4 Å². The smallest absolute Gasteiger partial charge is 0.335 e. The third-order valence-corrected chi connectivity index (χ3v) is 9.20. The summed E-state index contributed by atoms with van der Waals surface area (Å²) in [6.45, 7) is 0. The predicted octanol–water partition coefficient (Wildman–Crippen LogP) is 4.06. The van der Waals surface area contributed by atoms with Crippen LogP contribution in [0, 0.1) is 0 Å². The molecule has 0 bridgehead atoms. The minimum Gasteiger partial charge on any atom is -0.478 e. The first-order valence-corrected chi connectivity index (χ1v) is 11.3. The lowest BCUT2D eigenvalue weighted by molar-refractivity contribution is 0.0696. The fraction of sp³-hybridized carbons (Fsp3) is 0.0714. The van der Waals surface area contributed by atoms with Crippen molar-refractivity contribution < 1.29 is 26.7 Å². The van der Waals surface area contributed by atoms with Gasteiger partial charge in [0.15, 0.2) is 0 Å². The Labute approximate surface area is 171 Å². The van der Waals surface area contributed by atoms with Crippen molar-refractivity contribution in [3.8, 4) is 5.75 Å². The van der Waals surface area contributed by atoms with Gasteiger partial charge in [-0.25, -0.2) is 17.4 Å². The molecule has 0 aliphatic carbocycles. The summed E-state index contributed by atoms with van der Waals surface area (Å²) < 4.78 is 40.4. The largest absolute Gasteiger partial charge is 0.478 e. The lowest BCUT2D eigenvalue weighted by atomic mass is 10.2. The third kappa shape index (κ3) is 4.91. The Morgan fingerprint density at radius 3 is 2.20 bits per heavy atom. The molecule has 0 heterocycles. The molecular weight excluding hydrogens is 568 g/mol. The number of halogens is 3. The fourth-order valence-electron chi connectivity index (χ4n) is 1.68. The van der Waals surface area contributed by atoms with E-state index in [0.29, 0.717) is 0 Å². The summed E-state index contributed by atoms with van der Waals surface area (Å²) in [5.74, 6) is -0.974. The van der Waals surface area contributed by atoms with Crippen molar-refractivity contribution in [3.63, 3.8) is 0 Å². The van der Waals surface area contributed by atoms with Gasteiger partial charge in [0.2, 0.25) is 22.4 Å². The lowest BCUT2D eigenvalue weighted by Crippen LogP contribution is -2.17. The molecule has 0 amide bonds. The topological polar surface area (TPSA) is 97.7 Å². The van der Waals surface area contributed by atoms with Crippen molar-refractivity contribution in [2.24, 2.45) is 0 Å². The van der Waals surface area contributed by atoms with Gasteiger partial charge < -0.3 is 9.29 Å². The highest BCUT2D eigenvalue weighted by Crippen LogP contribution is 2.43. The molecule has 0 fully saturated rings. The molecule has 0 aliphatic rings. The molecule has 25 heavy (non-hydrogen) atoms. The van der Waals surface area contributed by atoms with Crippen molar-refractivity contribution in [1.29, 1.82) is 0 Å². The molecule has 0 saturated heterocycles. The van der Waals surface area contributed by atoms with E-state index in [1.807, 2.05) is 0 Å². The number of sulfone groups is 1. The van der Waals surface area contributed by atoms with Crippen LogP contribution in [-0.4, -0.2) is 25.2 Å². The Bertz CT molecular complexity index is 920. The highest BCUT2D eigenvalue weighted by atomic mass is 80.0. The first-order chi connectivity index (χ1) is 11.5. The van der Waals surface area contributed by atoms with E-state index in [2.05, 4.69) is 47.8 Å². The molecule has 0 aliphatic heterocycles. The van der Waals surface area contributed by atoms with Crippen molar-refractivity contribution in [3.05, 3.63) is 54.1 Å². The summed E-state index contributed by atoms with van der Waals surface area (Å²) in [5, 5.41) is 8.95. The maximum atomic E-state index is 12.2. The molecule has 1 unspecified atom stereocenters. The molecule has 2 rings (SSSR count). The Morgan fingerprint density at radius 2 is 1.68 bits per heavy atom. The number of rotatable bonds is 5. The van der Waals surface area contributed by atoms with Crippen LogP contribution in [0.5, 0.6) is 5.75 Å². The van der Waals surface area contributed by atoms with Gasteiger partial charge in [-0.1, -0.05) is 6.07 Å². The number of benzene rings is 2. The number of alkyl halides is 3. The van der Waals surface area contributed by atoms with Crippen LogP contribution in [-0.2, 0) is 20.9 Å². The van der Waals surface area contributed by atoms with Gasteiger partial charge in [-0.05, 0) is 90.3 Å². The minimum atomic E-state index is -3.74. The molecular formula is C14H9Br3O6S2. The van der Waals surface area contributed by atoms with Gasteiger partial charge in [0, 0.05) is 0 Å². The highest BCUT2D eigenvalue weighted by Gasteiger charge is 2.37. The van der Waals surface area contributed by atoms with Crippen LogP contribution in [0.15, 0.2) is 58.3 Å².